The lowest BCUT2D eigenvalue weighted by Gasteiger charge is -2.20. The maximum absolute atomic E-state index is 11.2. The lowest BCUT2D eigenvalue weighted by molar-refractivity contribution is -0.156. The van der Waals surface area contributed by atoms with Gasteiger partial charge in [0.15, 0.2) is 6.10 Å². The molecule has 1 saturated carbocycles. The average Bonchev–Trinajstić information content (AvgIpc) is 2.92. The van der Waals surface area contributed by atoms with Crippen molar-refractivity contribution in [1.29, 1.82) is 0 Å². The van der Waals surface area contributed by atoms with Gasteiger partial charge < -0.3 is 9.84 Å². The van der Waals surface area contributed by atoms with E-state index in [2.05, 4.69) is 0 Å². The first-order chi connectivity index (χ1) is 7.78. The number of carbonyl (C=O) groups is 2. The highest BCUT2D eigenvalue weighted by Gasteiger charge is 2.31. The van der Waals surface area contributed by atoms with Crippen molar-refractivity contribution in [1.82, 2.24) is 5.48 Å². The van der Waals surface area contributed by atoms with Crippen LogP contribution >= 0.6 is 0 Å². The maximum Gasteiger partial charge on any atom is 0.431 e. The van der Waals surface area contributed by atoms with Crippen molar-refractivity contribution >= 4 is 12.1 Å². The molecule has 0 heterocycles. The summed E-state index contributed by atoms with van der Waals surface area (Å²) in [6.45, 7) is 5.14. The summed E-state index contributed by atoms with van der Waals surface area (Å²) < 4.78 is 4.92. The molecule has 0 spiro atoms. The molecule has 1 amide bonds. The van der Waals surface area contributed by atoms with Gasteiger partial charge >= 0.3 is 12.1 Å². The van der Waals surface area contributed by atoms with Crippen LogP contribution in [0.5, 0.6) is 0 Å². The Labute approximate surface area is 100 Å². The van der Waals surface area contributed by atoms with Gasteiger partial charge in [-0.3, -0.25) is 4.84 Å². The van der Waals surface area contributed by atoms with Gasteiger partial charge in [0.2, 0.25) is 0 Å². The number of carboxylic acids is 1. The van der Waals surface area contributed by atoms with E-state index in [0.29, 0.717) is 12.3 Å². The van der Waals surface area contributed by atoms with Crippen LogP contribution in [-0.4, -0.2) is 28.9 Å². The SMILES string of the molecule is CC(C)(C)OC(=O)NO[C@@H](CC1CC1)C(=O)O. The Morgan fingerprint density at radius 3 is 2.41 bits per heavy atom. The fraction of sp³-hybridized carbons (Fsp3) is 0.818. The minimum atomic E-state index is -1.08. The molecule has 1 fully saturated rings. The molecule has 0 unspecified atom stereocenters. The van der Waals surface area contributed by atoms with Crippen molar-refractivity contribution in [3.05, 3.63) is 0 Å². The van der Waals surface area contributed by atoms with E-state index in [-0.39, 0.29) is 0 Å². The van der Waals surface area contributed by atoms with Gasteiger partial charge in [-0.05, 0) is 33.1 Å². The van der Waals surface area contributed by atoms with Crippen molar-refractivity contribution in [2.24, 2.45) is 5.92 Å². The van der Waals surface area contributed by atoms with Crippen molar-refractivity contribution < 1.29 is 24.3 Å². The Hall–Kier alpha value is -1.30. The number of rotatable bonds is 5. The van der Waals surface area contributed by atoms with Gasteiger partial charge in [0, 0.05) is 0 Å². The molecule has 6 nitrogen and oxygen atoms in total. The first kappa shape index (κ1) is 13.8. The second kappa shape index (κ2) is 5.35. The van der Waals surface area contributed by atoms with E-state index in [9.17, 15) is 9.59 Å². The molecule has 98 valence electrons. The molecule has 1 rings (SSSR count). The van der Waals surface area contributed by atoms with Gasteiger partial charge in [0.25, 0.3) is 0 Å². The van der Waals surface area contributed by atoms with Crippen LogP contribution in [-0.2, 0) is 14.4 Å². The number of hydrogen-bond acceptors (Lipinski definition) is 4. The van der Waals surface area contributed by atoms with Crippen LogP contribution in [0.3, 0.4) is 0 Å². The Morgan fingerprint density at radius 2 is 2.00 bits per heavy atom. The van der Waals surface area contributed by atoms with Crippen LogP contribution in [0, 0.1) is 5.92 Å². The zero-order valence-electron chi connectivity index (χ0n) is 10.4. The number of carbonyl (C=O) groups excluding carboxylic acids is 1. The van der Waals surface area contributed by atoms with E-state index < -0.39 is 23.8 Å². The van der Waals surface area contributed by atoms with E-state index in [1.807, 2.05) is 5.48 Å². The van der Waals surface area contributed by atoms with Crippen molar-refractivity contribution in [3.63, 3.8) is 0 Å². The third-order valence-electron chi connectivity index (χ3n) is 2.20. The van der Waals surface area contributed by atoms with E-state index in [1.165, 1.54) is 0 Å². The monoisotopic (exact) mass is 245 g/mol. The summed E-state index contributed by atoms with van der Waals surface area (Å²) >= 11 is 0. The number of aliphatic carboxylic acids is 1. The molecule has 0 saturated heterocycles. The molecule has 0 radical (unpaired) electrons. The molecule has 0 aromatic heterocycles. The fourth-order valence-corrected chi connectivity index (χ4v) is 1.27. The Kier molecular flexibility index (Phi) is 4.34. The standard InChI is InChI=1S/C11H19NO5/c1-11(2,3)16-10(15)12-17-8(9(13)14)6-7-4-5-7/h7-8H,4-6H2,1-3H3,(H,12,15)(H,13,14)/t8-/m0/s1. The lowest BCUT2D eigenvalue weighted by Crippen LogP contribution is -2.38. The predicted molar refractivity (Wildman–Crippen MR) is 59.2 cm³/mol. The number of nitrogens with one attached hydrogen (secondary N) is 1. The second-order valence-corrected chi connectivity index (χ2v) is 5.23. The first-order valence-electron chi connectivity index (χ1n) is 5.65. The van der Waals surface area contributed by atoms with Crippen LogP contribution in [0.4, 0.5) is 4.79 Å². The van der Waals surface area contributed by atoms with Crippen LogP contribution in [0.15, 0.2) is 0 Å². The van der Waals surface area contributed by atoms with Crippen molar-refractivity contribution in [2.45, 2.75) is 51.7 Å². The van der Waals surface area contributed by atoms with E-state index >= 15 is 0 Å². The summed E-state index contributed by atoms with van der Waals surface area (Å²) in [4.78, 5) is 26.9. The van der Waals surface area contributed by atoms with E-state index in [4.69, 9.17) is 14.7 Å². The van der Waals surface area contributed by atoms with Gasteiger partial charge in [-0.1, -0.05) is 12.8 Å². The molecular formula is C11H19NO5. The van der Waals surface area contributed by atoms with Gasteiger partial charge in [-0.15, -0.1) is 0 Å². The van der Waals surface area contributed by atoms with Gasteiger partial charge in [0.1, 0.15) is 5.60 Å². The summed E-state index contributed by atoms with van der Waals surface area (Å²) in [5.41, 5.74) is 1.38. The minimum absolute atomic E-state index is 0.400. The summed E-state index contributed by atoms with van der Waals surface area (Å²) in [6.07, 6.45) is 0.694. The number of amides is 1. The number of hydrogen-bond donors (Lipinski definition) is 2. The molecule has 1 atom stereocenters. The number of ether oxygens (including phenoxy) is 1. The number of hydroxylamine groups is 1. The Bertz CT molecular complexity index is 293. The fourth-order valence-electron chi connectivity index (χ4n) is 1.27. The van der Waals surface area contributed by atoms with Gasteiger partial charge in [0.05, 0.1) is 0 Å². The van der Waals surface area contributed by atoms with Crippen molar-refractivity contribution in [3.8, 4) is 0 Å². The van der Waals surface area contributed by atoms with Crippen LogP contribution in [0.2, 0.25) is 0 Å². The molecule has 0 bridgehead atoms. The smallest absolute Gasteiger partial charge is 0.431 e. The minimum Gasteiger partial charge on any atom is -0.479 e. The zero-order valence-corrected chi connectivity index (χ0v) is 10.4. The maximum atomic E-state index is 11.2. The number of carboxylic acid groups (broad SMARTS) is 1. The van der Waals surface area contributed by atoms with Crippen LogP contribution in [0.1, 0.15) is 40.0 Å². The predicted octanol–water partition coefficient (Wildman–Crippen LogP) is 1.70. The quantitative estimate of drug-likeness (QED) is 0.720. The Morgan fingerprint density at radius 1 is 1.41 bits per heavy atom. The van der Waals surface area contributed by atoms with E-state index in [1.54, 1.807) is 20.8 Å². The first-order valence-corrected chi connectivity index (χ1v) is 5.65. The highest BCUT2D eigenvalue weighted by molar-refractivity contribution is 5.73. The largest absolute Gasteiger partial charge is 0.479 e. The molecule has 1 aliphatic carbocycles. The molecule has 0 aromatic carbocycles. The Balaban J connectivity index is 2.30. The topological polar surface area (TPSA) is 84.9 Å². The molecule has 0 aromatic rings. The normalized spacial score (nSPS) is 17.4. The molecule has 6 heteroatoms. The van der Waals surface area contributed by atoms with E-state index in [0.717, 1.165) is 12.8 Å². The van der Waals surface area contributed by atoms with Crippen LogP contribution in [0.25, 0.3) is 0 Å². The van der Waals surface area contributed by atoms with Gasteiger partial charge in [-0.2, -0.15) is 5.48 Å². The third kappa shape index (κ3) is 6.11. The van der Waals surface area contributed by atoms with Crippen molar-refractivity contribution in [2.75, 3.05) is 0 Å². The summed E-state index contributed by atoms with van der Waals surface area (Å²) in [6, 6.07) is 0. The molecule has 17 heavy (non-hydrogen) atoms. The average molecular weight is 245 g/mol. The zero-order chi connectivity index (χ0) is 13.1. The molecular weight excluding hydrogens is 226 g/mol. The van der Waals surface area contributed by atoms with Crippen LogP contribution < -0.4 is 5.48 Å². The molecule has 1 aliphatic rings. The highest BCUT2D eigenvalue weighted by Crippen LogP contribution is 2.34. The highest BCUT2D eigenvalue weighted by atomic mass is 16.7. The summed E-state index contributed by atoms with van der Waals surface area (Å²) in [5.74, 6) is -0.676. The molecule has 0 aliphatic heterocycles. The molecule has 2 N–H and O–H groups in total. The summed E-state index contributed by atoms with van der Waals surface area (Å²) in [7, 11) is 0. The van der Waals surface area contributed by atoms with Gasteiger partial charge in [-0.25, -0.2) is 9.59 Å². The summed E-state index contributed by atoms with van der Waals surface area (Å²) in [5, 5.41) is 8.88. The lowest BCUT2D eigenvalue weighted by atomic mass is 10.2. The second-order valence-electron chi connectivity index (χ2n) is 5.23. The third-order valence-corrected chi connectivity index (χ3v) is 2.20.